The number of carbonyl (C=O) groups is 1. The Hall–Kier alpha value is -2.83. The van der Waals surface area contributed by atoms with Gasteiger partial charge in [-0.3, -0.25) is 20.4 Å². The molecular weight excluding hydrogens is 272 g/mol. The molecule has 0 atom stereocenters. The van der Waals surface area contributed by atoms with Crippen molar-refractivity contribution in [2.75, 3.05) is 10.9 Å². The molecule has 3 N–H and O–H groups in total. The average Bonchev–Trinajstić information content (AvgIpc) is 2.45. The van der Waals surface area contributed by atoms with Crippen LogP contribution in [0, 0.1) is 6.92 Å². The van der Waals surface area contributed by atoms with Gasteiger partial charge in [-0.2, -0.15) is 0 Å². The number of pyridine rings is 2. The van der Waals surface area contributed by atoms with E-state index in [1.807, 2.05) is 0 Å². The van der Waals surface area contributed by atoms with Crippen molar-refractivity contribution in [3.05, 3.63) is 46.0 Å². The molecule has 2 heterocycles. The number of hydrogen-bond donors (Lipinski definition) is 3. The SMILES string of the molecule is CC(=O)c1cccnc1NNc1c(O)cc(C)n(C)c1=O. The Bertz CT molecular complexity index is 752. The van der Waals surface area contributed by atoms with E-state index < -0.39 is 0 Å². The maximum Gasteiger partial charge on any atom is 0.279 e. The lowest BCUT2D eigenvalue weighted by molar-refractivity contribution is 0.101. The fourth-order valence-corrected chi connectivity index (χ4v) is 1.83. The number of hydrazine groups is 1. The van der Waals surface area contributed by atoms with Gasteiger partial charge in [0.25, 0.3) is 5.56 Å². The van der Waals surface area contributed by atoms with E-state index in [0.717, 1.165) is 0 Å². The molecule has 0 aliphatic rings. The third-order valence-corrected chi connectivity index (χ3v) is 3.14. The molecular formula is C14H16N4O3. The lowest BCUT2D eigenvalue weighted by atomic mass is 10.2. The molecule has 2 aromatic rings. The molecule has 0 aromatic carbocycles. The summed E-state index contributed by atoms with van der Waals surface area (Å²) in [6.45, 7) is 3.13. The van der Waals surface area contributed by atoms with Gasteiger partial charge in [0.1, 0.15) is 5.75 Å². The van der Waals surface area contributed by atoms with E-state index in [9.17, 15) is 14.7 Å². The van der Waals surface area contributed by atoms with Gasteiger partial charge in [-0.25, -0.2) is 4.98 Å². The number of aromatic hydroxyl groups is 1. The molecule has 21 heavy (non-hydrogen) atoms. The average molecular weight is 288 g/mol. The van der Waals surface area contributed by atoms with Crippen molar-refractivity contribution in [1.29, 1.82) is 0 Å². The molecule has 0 amide bonds. The van der Waals surface area contributed by atoms with Crippen LogP contribution < -0.4 is 16.4 Å². The minimum Gasteiger partial charge on any atom is -0.505 e. The number of nitrogens with one attached hydrogen (secondary N) is 2. The van der Waals surface area contributed by atoms with E-state index in [-0.39, 0.29) is 28.6 Å². The van der Waals surface area contributed by atoms with Crippen molar-refractivity contribution in [3.63, 3.8) is 0 Å². The Kier molecular flexibility index (Phi) is 3.93. The van der Waals surface area contributed by atoms with Gasteiger partial charge in [0, 0.05) is 25.0 Å². The Balaban J connectivity index is 2.32. The standard InChI is InChI=1S/C14H16N4O3/c1-8-7-11(20)12(14(21)18(8)3)16-17-13-10(9(2)19)5-4-6-15-13/h4-7,16,20H,1-3H3,(H,15,17). The highest BCUT2D eigenvalue weighted by Crippen LogP contribution is 2.20. The van der Waals surface area contributed by atoms with E-state index in [2.05, 4.69) is 15.8 Å². The maximum atomic E-state index is 12.1. The molecule has 0 radical (unpaired) electrons. The molecule has 7 nitrogen and oxygen atoms in total. The number of aromatic nitrogens is 2. The fraction of sp³-hybridized carbons (Fsp3) is 0.214. The first-order chi connectivity index (χ1) is 9.91. The normalized spacial score (nSPS) is 10.2. The highest BCUT2D eigenvalue weighted by Gasteiger charge is 2.12. The molecule has 0 spiro atoms. The zero-order valence-electron chi connectivity index (χ0n) is 12.0. The fourth-order valence-electron chi connectivity index (χ4n) is 1.83. The van der Waals surface area contributed by atoms with Crippen LogP contribution in [0.25, 0.3) is 0 Å². The predicted octanol–water partition coefficient (Wildman–Crippen LogP) is 1.44. The van der Waals surface area contributed by atoms with E-state index in [4.69, 9.17) is 0 Å². The first-order valence-electron chi connectivity index (χ1n) is 6.29. The summed E-state index contributed by atoms with van der Waals surface area (Å²) >= 11 is 0. The maximum absolute atomic E-state index is 12.1. The molecule has 2 aromatic heterocycles. The molecule has 0 unspecified atom stereocenters. The Labute approximate surface area is 121 Å². The summed E-state index contributed by atoms with van der Waals surface area (Å²) in [6.07, 6.45) is 1.52. The van der Waals surface area contributed by atoms with Gasteiger partial charge in [-0.05, 0) is 26.0 Å². The number of Topliss-reactive ketones (excluding diaryl/α,β-unsaturated/α-hetero) is 1. The van der Waals surface area contributed by atoms with Crippen LogP contribution in [0.15, 0.2) is 29.2 Å². The van der Waals surface area contributed by atoms with Crippen molar-refractivity contribution >= 4 is 17.3 Å². The van der Waals surface area contributed by atoms with Crippen LogP contribution in [0.5, 0.6) is 5.75 Å². The van der Waals surface area contributed by atoms with Crippen LogP contribution in [0.1, 0.15) is 23.0 Å². The third kappa shape index (κ3) is 2.86. The smallest absolute Gasteiger partial charge is 0.279 e. The number of anilines is 2. The van der Waals surface area contributed by atoms with Crippen LogP contribution in [-0.2, 0) is 7.05 Å². The highest BCUT2D eigenvalue weighted by atomic mass is 16.3. The van der Waals surface area contributed by atoms with E-state index in [1.54, 1.807) is 26.1 Å². The molecule has 0 aliphatic heterocycles. The predicted molar refractivity (Wildman–Crippen MR) is 79.6 cm³/mol. The lowest BCUT2D eigenvalue weighted by Gasteiger charge is -2.14. The van der Waals surface area contributed by atoms with Crippen molar-refractivity contribution in [2.24, 2.45) is 7.05 Å². The van der Waals surface area contributed by atoms with Gasteiger partial charge < -0.3 is 9.67 Å². The molecule has 0 aliphatic carbocycles. The second-order valence-electron chi connectivity index (χ2n) is 4.62. The molecule has 0 bridgehead atoms. The lowest BCUT2D eigenvalue weighted by Crippen LogP contribution is -2.25. The van der Waals surface area contributed by atoms with Crippen molar-refractivity contribution in [1.82, 2.24) is 9.55 Å². The Morgan fingerprint density at radius 2 is 2.10 bits per heavy atom. The Morgan fingerprint density at radius 1 is 1.38 bits per heavy atom. The topological polar surface area (TPSA) is 96.2 Å². The summed E-state index contributed by atoms with van der Waals surface area (Å²) in [7, 11) is 1.60. The van der Waals surface area contributed by atoms with Gasteiger partial charge in [-0.1, -0.05) is 0 Å². The quantitative estimate of drug-likeness (QED) is 0.582. The zero-order valence-corrected chi connectivity index (χ0v) is 12.0. The van der Waals surface area contributed by atoms with Crippen LogP contribution in [0.3, 0.4) is 0 Å². The minimum atomic E-state index is -0.389. The summed E-state index contributed by atoms with van der Waals surface area (Å²) in [4.78, 5) is 27.6. The molecule has 110 valence electrons. The summed E-state index contributed by atoms with van der Waals surface area (Å²) < 4.78 is 1.40. The van der Waals surface area contributed by atoms with Gasteiger partial charge >= 0.3 is 0 Å². The second-order valence-corrected chi connectivity index (χ2v) is 4.62. The van der Waals surface area contributed by atoms with Crippen molar-refractivity contribution in [3.8, 4) is 5.75 Å². The van der Waals surface area contributed by atoms with Gasteiger partial charge in [0.2, 0.25) is 0 Å². The third-order valence-electron chi connectivity index (χ3n) is 3.14. The van der Waals surface area contributed by atoms with E-state index in [0.29, 0.717) is 11.3 Å². The first-order valence-corrected chi connectivity index (χ1v) is 6.29. The number of ketones is 1. The molecule has 0 saturated heterocycles. The minimum absolute atomic E-state index is 0.0109. The van der Waals surface area contributed by atoms with Crippen LogP contribution in [-0.4, -0.2) is 20.4 Å². The molecule has 0 fully saturated rings. The van der Waals surface area contributed by atoms with Crippen LogP contribution >= 0.6 is 0 Å². The van der Waals surface area contributed by atoms with E-state index >= 15 is 0 Å². The van der Waals surface area contributed by atoms with Gasteiger partial charge in [0.05, 0.1) is 5.56 Å². The van der Waals surface area contributed by atoms with Gasteiger partial charge in [0.15, 0.2) is 17.3 Å². The molecule has 0 saturated carbocycles. The van der Waals surface area contributed by atoms with Crippen LogP contribution in [0.2, 0.25) is 0 Å². The second kappa shape index (κ2) is 5.66. The number of carbonyl (C=O) groups excluding carboxylic acids is 1. The van der Waals surface area contributed by atoms with Crippen molar-refractivity contribution < 1.29 is 9.90 Å². The number of nitrogens with zero attached hydrogens (tertiary/aromatic N) is 2. The van der Waals surface area contributed by atoms with E-state index in [1.165, 1.54) is 23.8 Å². The monoisotopic (exact) mass is 288 g/mol. The summed E-state index contributed by atoms with van der Waals surface area (Å²) in [5, 5.41) is 9.85. The summed E-state index contributed by atoms with van der Waals surface area (Å²) in [5.41, 5.74) is 5.91. The first kappa shape index (κ1) is 14.6. The summed E-state index contributed by atoms with van der Waals surface area (Å²) in [5.74, 6) is -0.0520. The van der Waals surface area contributed by atoms with Crippen molar-refractivity contribution in [2.45, 2.75) is 13.8 Å². The summed E-state index contributed by atoms with van der Waals surface area (Å²) in [6, 6.07) is 4.73. The van der Waals surface area contributed by atoms with Crippen LogP contribution in [0.4, 0.5) is 11.5 Å². The zero-order chi connectivity index (χ0) is 15.6. The molecule has 2 rings (SSSR count). The number of aryl methyl sites for hydroxylation is 1. The highest BCUT2D eigenvalue weighted by molar-refractivity contribution is 5.98. The molecule has 7 heteroatoms. The largest absolute Gasteiger partial charge is 0.505 e. The Morgan fingerprint density at radius 3 is 2.76 bits per heavy atom. The number of hydrogen-bond acceptors (Lipinski definition) is 6. The number of rotatable bonds is 4. The van der Waals surface area contributed by atoms with Gasteiger partial charge in [-0.15, -0.1) is 0 Å².